The van der Waals surface area contributed by atoms with Gasteiger partial charge in [0.25, 0.3) is 0 Å². The van der Waals surface area contributed by atoms with Gasteiger partial charge in [-0.3, -0.25) is 4.79 Å². The van der Waals surface area contributed by atoms with Crippen molar-refractivity contribution in [2.24, 2.45) is 5.73 Å². The van der Waals surface area contributed by atoms with Crippen LogP contribution in [0.4, 0.5) is 0 Å². The van der Waals surface area contributed by atoms with Gasteiger partial charge in [-0.15, -0.1) is 0 Å². The summed E-state index contributed by atoms with van der Waals surface area (Å²) in [5.74, 6) is 0.184. The Bertz CT molecular complexity index is 607. The molecule has 3 heteroatoms. The predicted octanol–water partition coefficient (Wildman–Crippen LogP) is 2.46. The SMILES string of the molecule is NC1CC(=O)N(CCc2ccc(-c3ccccc3)cc2)C1. The maximum absolute atomic E-state index is 11.7. The first-order valence-electron chi connectivity index (χ1n) is 7.40. The first-order chi connectivity index (χ1) is 10.2. The molecule has 1 aliphatic heterocycles. The molecule has 0 bridgehead atoms. The van der Waals surface area contributed by atoms with Crippen LogP contribution in [0.1, 0.15) is 12.0 Å². The standard InChI is InChI=1S/C18H20N2O/c19-17-12-18(21)20(13-17)11-10-14-6-8-16(9-7-14)15-4-2-1-3-5-15/h1-9,17H,10-13,19H2. The number of carbonyl (C=O) groups is 1. The second-order valence-corrected chi connectivity index (χ2v) is 5.62. The van der Waals surface area contributed by atoms with Crippen molar-refractivity contribution < 1.29 is 4.79 Å². The van der Waals surface area contributed by atoms with Crippen LogP contribution in [-0.4, -0.2) is 29.9 Å². The smallest absolute Gasteiger partial charge is 0.224 e. The van der Waals surface area contributed by atoms with Crippen LogP contribution in [0.3, 0.4) is 0 Å². The zero-order valence-corrected chi connectivity index (χ0v) is 12.0. The Kier molecular flexibility index (Phi) is 4.02. The third kappa shape index (κ3) is 3.31. The van der Waals surface area contributed by atoms with Crippen LogP contribution in [0.15, 0.2) is 54.6 Å². The van der Waals surface area contributed by atoms with Crippen LogP contribution in [0, 0.1) is 0 Å². The molecule has 1 aliphatic rings. The largest absolute Gasteiger partial charge is 0.341 e. The van der Waals surface area contributed by atoms with Crippen LogP contribution >= 0.6 is 0 Å². The highest BCUT2D eigenvalue weighted by atomic mass is 16.2. The molecule has 2 N–H and O–H groups in total. The topological polar surface area (TPSA) is 46.3 Å². The molecule has 1 heterocycles. The van der Waals surface area contributed by atoms with Gasteiger partial charge in [-0.2, -0.15) is 0 Å². The van der Waals surface area contributed by atoms with Crippen LogP contribution in [0.5, 0.6) is 0 Å². The fourth-order valence-electron chi connectivity index (χ4n) is 2.78. The zero-order valence-electron chi connectivity index (χ0n) is 12.0. The Balaban J connectivity index is 1.61. The number of hydrogen-bond donors (Lipinski definition) is 1. The number of amides is 1. The van der Waals surface area contributed by atoms with Crippen molar-refractivity contribution in [2.45, 2.75) is 18.9 Å². The summed E-state index contributed by atoms with van der Waals surface area (Å²) in [5, 5.41) is 0. The number of likely N-dealkylation sites (tertiary alicyclic amines) is 1. The van der Waals surface area contributed by atoms with E-state index in [4.69, 9.17) is 5.73 Å². The Morgan fingerprint density at radius 3 is 2.29 bits per heavy atom. The van der Waals surface area contributed by atoms with E-state index >= 15 is 0 Å². The molecule has 0 aromatic heterocycles. The first kappa shape index (κ1) is 13.8. The van der Waals surface area contributed by atoms with Gasteiger partial charge in [-0.25, -0.2) is 0 Å². The minimum atomic E-state index is 0.0120. The molecule has 1 amide bonds. The van der Waals surface area contributed by atoms with Crippen molar-refractivity contribution in [2.75, 3.05) is 13.1 Å². The average molecular weight is 280 g/mol. The molecule has 3 nitrogen and oxygen atoms in total. The van der Waals surface area contributed by atoms with Gasteiger partial charge < -0.3 is 10.6 Å². The van der Waals surface area contributed by atoms with Gasteiger partial charge in [-0.05, 0) is 23.1 Å². The monoisotopic (exact) mass is 280 g/mol. The minimum Gasteiger partial charge on any atom is -0.341 e. The predicted molar refractivity (Wildman–Crippen MR) is 84.8 cm³/mol. The zero-order chi connectivity index (χ0) is 14.7. The Morgan fingerprint density at radius 1 is 1.00 bits per heavy atom. The lowest BCUT2D eigenvalue weighted by Crippen LogP contribution is -2.30. The van der Waals surface area contributed by atoms with E-state index in [1.165, 1.54) is 16.7 Å². The molecule has 108 valence electrons. The van der Waals surface area contributed by atoms with E-state index in [-0.39, 0.29) is 11.9 Å². The fraction of sp³-hybridized carbons (Fsp3) is 0.278. The summed E-state index contributed by atoms with van der Waals surface area (Å²) in [6.45, 7) is 1.46. The van der Waals surface area contributed by atoms with Crippen molar-refractivity contribution in [3.63, 3.8) is 0 Å². The average Bonchev–Trinajstić information content (AvgIpc) is 2.84. The van der Waals surface area contributed by atoms with Crippen LogP contribution in [0.25, 0.3) is 11.1 Å². The summed E-state index contributed by atoms with van der Waals surface area (Å²) >= 11 is 0. The maximum atomic E-state index is 11.7. The third-order valence-electron chi connectivity index (χ3n) is 3.98. The molecule has 1 saturated heterocycles. The highest BCUT2D eigenvalue weighted by molar-refractivity contribution is 5.79. The van der Waals surface area contributed by atoms with Crippen LogP contribution in [0.2, 0.25) is 0 Å². The van der Waals surface area contributed by atoms with E-state index in [0.717, 1.165) is 13.0 Å². The fourth-order valence-corrected chi connectivity index (χ4v) is 2.78. The highest BCUT2D eigenvalue weighted by Crippen LogP contribution is 2.19. The molecular weight excluding hydrogens is 260 g/mol. The first-order valence-corrected chi connectivity index (χ1v) is 7.40. The lowest BCUT2D eigenvalue weighted by atomic mass is 10.0. The van der Waals surface area contributed by atoms with Crippen molar-refractivity contribution in [1.29, 1.82) is 0 Å². The molecular formula is C18H20N2O. The molecule has 21 heavy (non-hydrogen) atoms. The molecule has 1 atom stereocenters. The van der Waals surface area contributed by atoms with E-state index < -0.39 is 0 Å². The van der Waals surface area contributed by atoms with E-state index in [0.29, 0.717) is 13.0 Å². The van der Waals surface area contributed by atoms with Gasteiger partial charge in [0.05, 0.1) is 0 Å². The van der Waals surface area contributed by atoms with E-state index in [1.54, 1.807) is 0 Å². The lowest BCUT2D eigenvalue weighted by molar-refractivity contribution is -0.127. The van der Waals surface area contributed by atoms with Gasteiger partial charge >= 0.3 is 0 Å². The van der Waals surface area contributed by atoms with Crippen LogP contribution < -0.4 is 5.73 Å². The Morgan fingerprint density at radius 2 is 1.67 bits per heavy atom. The number of rotatable bonds is 4. The van der Waals surface area contributed by atoms with E-state index in [2.05, 4.69) is 36.4 Å². The Hall–Kier alpha value is -2.13. The summed E-state index contributed by atoms with van der Waals surface area (Å²) in [4.78, 5) is 13.6. The molecule has 0 saturated carbocycles. The molecule has 3 rings (SSSR count). The molecule has 1 unspecified atom stereocenters. The molecule has 2 aromatic rings. The molecule has 1 fully saturated rings. The van der Waals surface area contributed by atoms with Crippen molar-refractivity contribution in [3.05, 3.63) is 60.2 Å². The number of nitrogens with zero attached hydrogens (tertiary/aromatic N) is 1. The number of nitrogens with two attached hydrogens (primary N) is 1. The second kappa shape index (κ2) is 6.10. The molecule has 0 aliphatic carbocycles. The van der Waals surface area contributed by atoms with Gasteiger partial charge in [0, 0.05) is 25.6 Å². The molecule has 0 radical (unpaired) electrons. The Labute approximate surface area is 125 Å². The summed E-state index contributed by atoms with van der Waals surface area (Å²) in [5.41, 5.74) is 9.51. The number of carbonyl (C=O) groups excluding carboxylic acids is 1. The van der Waals surface area contributed by atoms with Crippen molar-refractivity contribution >= 4 is 5.91 Å². The molecule has 0 spiro atoms. The van der Waals surface area contributed by atoms with Gasteiger partial charge in [0.1, 0.15) is 0 Å². The van der Waals surface area contributed by atoms with Gasteiger partial charge in [0.2, 0.25) is 5.91 Å². The summed E-state index contributed by atoms with van der Waals surface area (Å²) in [6, 6.07) is 18.9. The van der Waals surface area contributed by atoms with Crippen LogP contribution in [-0.2, 0) is 11.2 Å². The number of hydrogen-bond acceptors (Lipinski definition) is 2. The second-order valence-electron chi connectivity index (χ2n) is 5.62. The summed E-state index contributed by atoms with van der Waals surface area (Å²) < 4.78 is 0. The normalized spacial score (nSPS) is 18.2. The highest BCUT2D eigenvalue weighted by Gasteiger charge is 2.26. The third-order valence-corrected chi connectivity index (χ3v) is 3.98. The lowest BCUT2D eigenvalue weighted by Gasteiger charge is -2.15. The van der Waals surface area contributed by atoms with Crippen molar-refractivity contribution in [3.8, 4) is 11.1 Å². The van der Waals surface area contributed by atoms with Crippen molar-refractivity contribution in [1.82, 2.24) is 4.90 Å². The quantitative estimate of drug-likeness (QED) is 0.935. The maximum Gasteiger partial charge on any atom is 0.224 e. The molecule has 2 aromatic carbocycles. The summed E-state index contributed by atoms with van der Waals surface area (Å²) in [7, 11) is 0. The van der Waals surface area contributed by atoms with E-state index in [1.807, 2.05) is 23.1 Å². The number of benzene rings is 2. The van der Waals surface area contributed by atoms with E-state index in [9.17, 15) is 4.79 Å². The summed E-state index contributed by atoms with van der Waals surface area (Å²) in [6.07, 6.45) is 1.38. The van der Waals surface area contributed by atoms with Gasteiger partial charge in [-0.1, -0.05) is 54.6 Å². The minimum absolute atomic E-state index is 0.0120. The van der Waals surface area contributed by atoms with Gasteiger partial charge in [0.15, 0.2) is 0 Å².